The summed E-state index contributed by atoms with van der Waals surface area (Å²) in [6.45, 7) is 2.08. The Hall–Kier alpha value is -3.42. The number of amides is 2. The first-order valence-corrected chi connectivity index (χ1v) is 13.1. The van der Waals surface area contributed by atoms with Crippen LogP contribution in [0, 0.1) is 0 Å². The number of anilines is 1. The van der Waals surface area contributed by atoms with E-state index in [1.165, 1.54) is 17.3 Å². The van der Waals surface area contributed by atoms with E-state index in [-0.39, 0.29) is 24.3 Å². The summed E-state index contributed by atoms with van der Waals surface area (Å²) >= 11 is 7.41. The average molecular weight is 517 g/mol. The maximum absolute atomic E-state index is 12.8. The number of hydrogen-bond acceptors (Lipinski definition) is 5. The highest BCUT2D eigenvalue weighted by atomic mass is 35.5. The highest BCUT2D eigenvalue weighted by molar-refractivity contribution is 8.15. The predicted octanol–water partition coefficient (Wildman–Crippen LogP) is 6.08. The minimum atomic E-state index is -0.586. The predicted molar refractivity (Wildman–Crippen MR) is 147 cm³/mol. The fourth-order valence-corrected chi connectivity index (χ4v) is 5.43. The number of aliphatic imine (C=N–C) groups is 1. The third-order valence-electron chi connectivity index (χ3n) is 6.21. The molecule has 2 aliphatic heterocycles. The molecule has 182 valence electrons. The number of aryl methyl sites for hydroxylation is 1. The second kappa shape index (κ2) is 10.7. The van der Waals surface area contributed by atoms with Crippen molar-refractivity contribution in [2.24, 2.45) is 10.1 Å². The van der Waals surface area contributed by atoms with Crippen molar-refractivity contribution in [3.8, 4) is 0 Å². The van der Waals surface area contributed by atoms with Gasteiger partial charge in [0.1, 0.15) is 5.25 Å². The van der Waals surface area contributed by atoms with Gasteiger partial charge >= 0.3 is 0 Å². The Morgan fingerprint density at radius 1 is 1.06 bits per heavy atom. The van der Waals surface area contributed by atoms with Crippen LogP contribution in [-0.4, -0.2) is 33.0 Å². The van der Waals surface area contributed by atoms with Gasteiger partial charge in [0.2, 0.25) is 5.91 Å². The fourth-order valence-electron chi connectivity index (χ4n) is 4.25. The minimum absolute atomic E-state index is 0.0424. The Bertz CT molecular complexity index is 1320. The van der Waals surface area contributed by atoms with Crippen LogP contribution in [-0.2, 0) is 16.0 Å². The molecule has 0 fully saturated rings. The van der Waals surface area contributed by atoms with Gasteiger partial charge in [0.05, 0.1) is 11.8 Å². The molecule has 0 aliphatic carbocycles. The second-order valence-corrected chi connectivity index (χ2v) is 10.3. The molecule has 2 heterocycles. The van der Waals surface area contributed by atoms with E-state index in [1.54, 1.807) is 0 Å². The Balaban J connectivity index is 1.32. The second-order valence-electron chi connectivity index (χ2n) is 8.67. The zero-order chi connectivity index (χ0) is 25.1. The number of nitrogens with one attached hydrogen (secondary N) is 1. The van der Waals surface area contributed by atoms with Crippen molar-refractivity contribution in [3.63, 3.8) is 0 Å². The lowest BCUT2D eigenvalue weighted by Gasteiger charge is -2.23. The first-order chi connectivity index (χ1) is 17.5. The summed E-state index contributed by atoms with van der Waals surface area (Å²) in [4.78, 5) is 29.8. The van der Waals surface area contributed by atoms with Gasteiger partial charge in [-0.2, -0.15) is 10.1 Å². The SMILES string of the molecule is CCc1ccc(NC(=O)C[C@H]2SC(N3N=C(c4ccccc4)C[C@@H]3c3ccc(Cl)cc3)=NC2=O)cc1. The molecule has 5 rings (SSSR count). The van der Waals surface area contributed by atoms with Crippen LogP contribution in [0.4, 0.5) is 5.69 Å². The summed E-state index contributed by atoms with van der Waals surface area (Å²) in [7, 11) is 0. The van der Waals surface area contributed by atoms with Gasteiger partial charge in [-0.25, -0.2) is 5.01 Å². The third-order valence-corrected chi connectivity index (χ3v) is 7.61. The highest BCUT2D eigenvalue weighted by Gasteiger charge is 2.39. The number of carbonyl (C=O) groups is 2. The molecule has 3 aromatic carbocycles. The molecular weight excluding hydrogens is 492 g/mol. The molecule has 0 unspecified atom stereocenters. The van der Waals surface area contributed by atoms with Gasteiger partial charge < -0.3 is 5.32 Å². The minimum Gasteiger partial charge on any atom is -0.326 e. The normalized spacial score (nSPS) is 19.3. The molecule has 0 spiro atoms. The van der Waals surface area contributed by atoms with Gasteiger partial charge in [0.15, 0.2) is 5.17 Å². The monoisotopic (exact) mass is 516 g/mol. The first kappa shape index (κ1) is 24.3. The number of hydrazone groups is 1. The molecule has 2 aliphatic rings. The van der Waals surface area contributed by atoms with Crippen LogP contribution in [0.5, 0.6) is 0 Å². The van der Waals surface area contributed by atoms with Crippen LogP contribution >= 0.6 is 23.4 Å². The number of nitrogens with zero attached hydrogens (tertiary/aromatic N) is 3. The van der Waals surface area contributed by atoms with Crippen LogP contribution in [0.15, 0.2) is 89.0 Å². The highest BCUT2D eigenvalue weighted by Crippen LogP contribution is 2.38. The maximum Gasteiger partial charge on any atom is 0.262 e. The molecule has 0 radical (unpaired) electrons. The van der Waals surface area contributed by atoms with Gasteiger partial charge in [-0.1, -0.05) is 84.9 Å². The van der Waals surface area contributed by atoms with Crippen LogP contribution in [0.2, 0.25) is 5.02 Å². The van der Waals surface area contributed by atoms with Crippen molar-refractivity contribution < 1.29 is 9.59 Å². The van der Waals surface area contributed by atoms with Crippen molar-refractivity contribution in [3.05, 3.63) is 101 Å². The van der Waals surface area contributed by atoms with Crippen LogP contribution in [0.25, 0.3) is 0 Å². The zero-order valence-electron chi connectivity index (χ0n) is 19.7. The lowest BCUT2D eigenvalue weighted by molar-refractivity contribution is -0.121. The maximum atomic E-state index is 12.8. The van der Waals surface area contributed by atoms with Crippen molar-refractivity contribution in [2.75, 3.05) is 5.32 Å². The Kier molecular flexibility index (Phi) is 7.20. The molecule has 1 N–H and O–H groups in total. The number of hydrogen-bond donors (Lipinski definition) is 1. The van der Waals surface area contributed by atoms with E-state index in [0.29, 0.717) is 22.3 Å². The topological polar surface area (TPSA) is 74.1 Å². The van der Waals surface area contributed by atoms with Gasteiger partial charge in [-0.15, -0.1) is 0 Å². The number of benzene rings is 3. The largest absolute Gasteiger partial charge is 0.326 e. The van der Waals surface area contributed by atoms with E-state index in [2.05, 4.69) is 17.2 Å². The van der Waals surface area contributed by atoms with Crippen molar-refractivity contribution >= 4 is 51.7 Å². The number of carbonyl (C=O) groups excluding carboxylic acids is 2. The van der Waals surface area contributed by atoms with E-state index in [4.69, 9.17) is 16.7 Å². The van der Waals surface area contributed by atoms with E-state index in [1.807, 2.05) is 83.9 Å². The van der Waals surface area contributed by atoms with Gasteiger partial charge in [-0.05, 0) is 47.4 Å². The molecule has 2 amide bonds. The number of thioether (sulfide) groups is 1. The molecule has 2 atom stereocenters. The fraction of sp³-hybridized carbons (Fsp3) is 0.214. The number of amidine groups is 1. The summed E-state index contributed by atoms with van der Waals surface area (Å²) < 4.78 is 0. The molecule has 0 saturated heterocycles. The number of halogens is 1. The Labute approximate surface area is 219 Å². The lowest BCUT2D eigenvalue weighted by atomic mass is 9.99. The summed E-state index contributed by atoms with van der Waals surface area (Å²) in [6, 6.07) is 25.2. The summed E-state index contributed by atoms with van der Waals surface area (Å²) in [6.07, 6.45) is 1.64. The molecule has 0 aromatic heterocycles. The van der Waals surface area contributed by atoms with E-state index < -0.39 is 5.25 Å². The molecule has 0 bridgehead atoms. The van der Waals surface area contributed by atoms with Gasteiger partial charge in [-0.3, -0.25) is 9.59 Å². The molecule has 0 saturated carbocycles. The zero-order valence-corrected chi connectivity index (χ0v) is 21.3. The first-order valence-electron chi connectivity index (χ1n) is 11.9. The molecule has 6 nitrogen and oxygen atoms in total. The van der Waals surface area contributed by atoms with Crippen molar-refractivity contribution in [1.82, 2.24) is 5.01 Å². The van der Waals surface area contributed by atoms with Crippen molar-refractivity contribution in [1.29, 1.82) is 0 Å². The third kappa shape index (κ3) is 5.37. The van der Waals surface area contributed by atoms with Crippen LogP contribution in [0.3, 0.4) is 0 Å². The van der Waals surface area contributed by atoms with E-state index in [9.17, 15) is 9.59 Å². The Morgan fingerprint density at radius 3 is 2.47 bits per heavy atom. The smallest absolute Gasteiger partial charge is 0.262 e. The van der Waals surface area contributed by atoms with Gasteiger partial charge in [0.25, 0.3) is 5.91 Å². The van der Waals surface area contributed by atoms with Crippen molar-refractivity contribution in [2.45, 2.75) is 37.5 Å². The van der Waals surface area contributed by atoms with Crippen LogP contribution < -0.4 is 5.32 Å². The molecular formula is C28H25ClN4O2S. The lowest BCUT2D eigenvalue weighted by Crippen LogP contribution is -2.25. The summed E-state index contributed by atoms with van der Waals surface area (Å²) in [5.41, 5.74) is 4.89. The average Bonchev–Trinajstić information content (AvgIpc) is 3.49. The van der Waals surface area contributed by atoms with Crippen LogP contribution in [0.1, 0.15) is 42.5 Å². The molecule has 36 heavy (non-hydrogen) atoms. The summed E-state index contributed by atoms with van der Waals surface area (Å²) in [5.74, 6) is -0.532. The van der Waals surface area contributed by atoms with E-state index >= 15 is 0 Å². The van der Waals surface area contributed by atoms with E-state index in [0.717, 1.165) is 23.3 Å². The molecule has 8 heteroatoms. The number of rotatable bonds is 6. The summed E-state index contributed by atoms with van der Waals surface area (Å²) in [5, 5.41) is 10.1. The molecule has 3 aromatic rings. The Morgan fingerprint density at radius 2 is 1.78 bits per heavy atom. The van der Waals surface area contributed by atoms with Gasteiger partial charge in [0, 0.05) is 23.6 Å². The quantitative estimate of drug-likeness (QED) is 0.431. The standard InChI is InChI=1S/C28H25ClN4O2S/c1-2-18-8-14-22(15-9-18)30-26(34)17-25-27(35)31-28(36-25)33-24(20-10-12-21(29)13-11-20)16-23(32-33)19-6-4-3-5-7-19/h3-15,24-25H,2,16-17H2,1H3,(H,30,34)/t24-,25-/m1/s1.